The molecule has 2 unspecified atom stereocenters. The Balaban J connectivity index is 1.48. The van der Waals surface area contributed by atoms with Crippen LogP contribution in [0.3, 0.4) is 0 Å². The first-order chi connectivity index (χ1) is 15.2. The van der Waals surface area contributed by atoms with Crippen LogP contribution in [0.2, 0.25) is 0 Å². The molecule has 0 saturated carbocycles. The summed E-state index contributed by atoms with van der Waals surface area (Å²) in [4.78, 5) is 13.1. The number of hydrogen-bond donors (Lipinski definition) is 0. The average molecular weight is 450 g/mol. The quantitative estimate of drug-likeness (QED) is 0.502. The number of alkyl halides is 3. The fourth-order valence-corrected chi connectivity index (χ4v) is 6.02. The molecule has 1 aliphatic heterocycles. The number of carbonyl (C=O) groups is 1. The molecule has 1 heterocycles. The van der Waals surface area contributed by atoms with E-state index in [9.17, 15) is 18.0 Å². The third kappa shape index (κ3) is 2.66. The predicted octanol–water partition coefficient (Wildman–Crippen LogP) is 4.43. The topological polar surface area (TPSA) is 54.0 Å². The maximum atomic E-state index is 14.2. The van der Waals surface area contributed by atoms with E-state index in [1.165, 1.54) is 24.3 Å². The lowest BCUT2D eigenvalue weighted by Crippen LogP contribution is -2.63. The smallest absolute Gasteiger partial charge is 0.432 e. The summed E-state index contributed by atoms with van der Waals surface area (Å²) in [5, 5.41) is 0. The average Bonchev–Trinajstić information content (AvgIpc) is 3.15. The fourth-order valence-electron chi connectivity index (χ4n) is 6.02. The van der Waals surface area contributed by atoms with E-state index in [0.29, 0.717) is 25.9 Å². The zero-order valence-electron chi connectivity index (χ0n) is 17.9. The predicted molar refractivity (Wildman–Crippen MR) is 107 cm³/mol. The highest BCUT2D eigenvalue weighted by Gasteiger charge is 2.66. The van der Waals surface area contributed by atoms with Crippen molar-refractivity contribution >= 4 is 5.97 Å². The lowest BCUT2D eigenvalue weighted by molar-refractivity contribution is -0.277. The van der Waals surface area contributed by atoms with Gasteiger partial charge in [-0.2, -0.15) is 13.2 Å². The Morgan fingerprint density at radius 1 is 1.19 bits per heavy atom. The van der Waals surface area contributed by atoms with Crippen LogP contribution in [0.25, 0.3) is 0 Å². The Labute approximate surface area is 184 Å². The second-order valence-electron chi connectivity index (χ2n) is 9.05. The normalized spacial score (nSPS) is 35.3. The van der Waals surface area contributed by atoms with Crippen LogP contribution in [-0.2, 0) is 29.3 Å². The van der Waals surface area contributed by atoms with E-state index < -0.39 is 29.5 Å². The van der Waals surface area contributed by atoms with Gasteiger partial charge in [0.05, 0.1) is 6.61 Å². The largest absolute Gasteiger partial charge is 0.455 e. The summed E-state index contributed by atoms with van der Waals surface area (Å²) in [5.41, 5.74) is -2.32. The first-order valence-corrected chi connectivity index (χ1v) is 10.7. The first-order valence-electron chi connectivity index (χ1n) is 10.7. The van der Waals surface area contributed by atoms with Crippen LogP contribution in [0.1, 0.15) is 31.7 Å². The lowest BCUT2D eigenvalue weighted by atomic mass is 9.51. The molecule has 1 fully saturated rings. The summed E-state index contributed by atoms with van der Waals surface area (Å²) in [7, 11) is 0.882. The van der Waals surface area contributed by atoms with Gasteiger partial charge in [-0.3, -0.25) is 0 Å². The Morgan fingerprint density at radius 2 is 1.94 bits per heavy atom. The van der Waals surface area contributed by atoms with Gasteiger partial charge in [0, 0.05) is 24.0 Å². The summed E-state index contributed by atoms with van der Waals surface area (Å²) in [5.74, 6) is -1.42. The van der Waals surface area contributed by atoms with Gasteiger partial charge >= 0.3 is 12.1 Å². The molecule has 0 radical (unpaired) electrons. The molecule has 4 aliphatic rings. The first kappa shape index (κ1) is 21.7. The van der Waals surface area contributed by atoms with E-state index >= 15 is 0 Å². The molecule has 3 aliphatic carbocycles. The highest BCUT2D eigenvalue weighted by Crippen LogP contribution is 2.64. The summed E-state index contributed by atoms with van der Waals surface area (Å²) in [6.45, 7) is 2.80. The zero-order chi connectivity index (χ0) is 22.8. The summed E-state index contributed by atoms with van der Waals surface area (Å²) in [6, 6.07) is 6.90. The molecule has 172 valence electrons. The molecule has 1 aromatic rings. The van der Waals surface area contributed by atoms with Crippen molar-refractivity contribution < 1.29 is 36.9 Å². The van der Waals surface area contributed by atoms with Gasteiger partial charge in [-0.05, 0) is 31.8 Å². The van der Waals surface area contributed by atoms with Gasteiger partial charge in [-0.25, -0.2) is 4.79 Å². The third-order valence-electron chi connectivity index (χ3n) is 7.73. The number of ether oxygens (including phenoxy) is 4. The molecule has 0 amide bonds. The molecular formula is C24H25F3O5. The third-order valence-corrected chi connectivity index (χ3v) is 7.73. The molecular weight excluding hydrogens is 425 g/mol. The van der Waals surface area contributed by atoms with E-state index in [-0.39, 0.29) is 23.7 Å². The highest BCUT2D eigenvalue weighted by atomic mass is 19.4. The van der Waals surface area contributed by atoms with E-state index in [0.717, 1.165) is 18.3 Å². The van der Waals surface area contributed by atoms with Crippen molar-refractivity contribution in [1.29, 1.82) is 0 Å². The maximum absolute atomic E-state index is 14.2. The van der Waals surface area contributed by atoms with Crippen molar-refractivity contribution in [3.8, 4) is 0 Å². The number of carbonyl (C=O) groups excluding carboxylic acids is 1. The maximum Gasteiger partial charge on any atom is 0.432 e. The minimum Gasteiger partial charge on any atom is -0.455 e. The van der Waals surface area contributed by atoms with Crippen LogP contribution in [0.4, 0.5) is 13.2 Å². The van der Waals surface area contributed by atoms with Crippen LogP contribution >= 0.6 is 0 Å². The van der Waals surface area contributed by atoms with Gasteiger partial charge in [0.1, 0.15) is 18.5 Å². The van der Waals surface area contributed by atoms with Crippen LogP contribution in [0, 0.1) is 11.3 Å². The van der Waals surface area contributed by atoms with E-state index in [1.54, 1.807) is 6.07 Å². The number of hydrogen-bond acceptors (Lipinski definition) is 5. The molecule has 5 nitrogen and oxygen atoms in total. The van der Waals surface area contributed by atoms with Crippen molar-refractivity contribution in [3.05, 3.63) is 59.2 Å². The van der Waals surface area contributed by atoms with Crippen molar-refractivity contribution in [3.63, 3.8) is 0 Å². The van der Waals surface area contributed by atoms with Gasteiger partial charge in [-0.15, -0.1) is 0 Å². The molecule has 5 rings (SSSR count). The van der Waals surface area contributed by atoms with Gasteiger partial charge < -0.3 is 18.9 Å². The van der Waals surface area contributed by atoms with Crippen molar-refractivity contribution in [1.82, 2.24) is 0 Å². The Kier molecular flexibility index (Phi) is 4.86. The number of rotatable bonds is 4. The van der Waals surface area contributed by atoms with Crippen molar-refractivity contribution in [2.45, 2.75) is 49.7 Å². The second-order valence-corrected chi connectivity index (χ2v) is 9.05. The molecule has 1 aromatic carbocycles. The van der Waals surface area contributed by atoms with Crippen molar-refractivity contribution in [2.24, 2.45) is 11.3 Å². The molecule has 8 heteroatoms. The van der Waals surface area contributed by atoms with E-state index in [2.05, 4.69) is 19.1 Å². The van der Waals surface area contributed by atoms with Crippen LogP contribution in [0.15, 0.2) is 53.6 Å². The van der Waals surface area contributed by atoms with Gasteiger partial charge in [-0.1, -0.05) is 48.1 Å². The SMILES string of the molecule is CO[C@](C(=O)O[C@@H]1CCC2=C1C[C@H]1COCOC13C=CC23C)(c1ccccc1)C(F)(F)F. The Morgan fingerprint density at radius 3 is 2.56 bits per heavy atom. The molecule has 0 N–H and O–H groups in total. The monoisotopic (exact) mass is 450 g/mol. The number of fused-ring (bicyclic) bond motifs is 1. The standard InChI is InChI=1S/C24H25F3O5/c1-21-10-11-22(21)16(13-30-14-31-22)12-17-18(21)8-9-19(17)32-20(28)23(29-2,24(25,26)27)15-6-4-3-5-7-15/h3-7,10-11,16,19H,8-9,12-14H2,1-2H3/t16-,19+,21?,22?,23-/m0/s1. The Hall–Kier alpha value is -2.16. The molecule has 1 spiro atoms. The minimum absolute atomic E-state index is 0.0215. The fraction of sp³-hybridized carbons (Fsp3) is 0.542. The van der Waals surface area contributed by atoms with Crippen molar-refractivity contribution in [2.75, 3.05) is 20.5 Å². The second kappa shape index (κ2) is 7.17. The number of esters is 1. The highest BCUT2D eigenvalue weighted by molar-refractivity contribution is 5.83. The number of methoxy groups -OCH3 is 1. The minimum atomic E-state index is -4.99. The Bertz CT molecular complexity index is 987. The van der Waals surface area contributed by atoms with Gasteiger partial charge in [0.15, 0.2) is 0 Å². The summed E-state index contributed by atoms with van der Waals surface area (Å²) in [6.07, 6.45) is 0.0706. The lowest BCUT2D eigenvalue weighted by Gasteiger charge is -2.60. The molecule has 0 aromatic heterocycles. The molecule has 5 atom stereocenters. The molecule has 1 saturated heterocycles. The number of benzene rings is 1. The summed E-state index contributed by atoms with van der Waals surface area (Å²) >= 11 is 0. The van der Waals surface area contributed by atoms with E-state index in [1.807, 2.05) is 0 Å². The molecule has 0 bridgehead atoms. The van der Waals surface area contributed by atoms with Crippen LogP contribution in [-0.4, -0.2) is 44.4 Å². The van der Waals surface area contributed by atoms with E-state index in [4.69, 9.17) is 18.9 Å². The van der Waals surface area contributed by atoms with Crippen LogP contribution < -0.4 is 0 Å². The van der Waals surface area contributed by atoms with Gasteiger partial charge in [0.2, 0.25) is 0 Å². The van der Waals surface area contributed by atoms with Crippen LogP contribution in [0.5, 0.6) is 0 Å². The number of halogens is 3. The summed E-state index contributed by atoms with van der Waals surface area (Å²) < 4.78 is 64.8. The zero-order valence-corrected chi connectivity index (χ0v) is 17.9. The van der Waals surface area contributed by atoms with Gasteiger partial charge in [0.25, 0.3) is 5.60 Å². The molecule has 32 heavy (non-hydrogen) atoms.